The number of hydrogen-bond acceptors (Lipinski definition) is 4. The van der Waals surface area contributed by atoms with Gasteiger partial charge in [0.05, 0.1) is 16.2 Å². The third-order valence-corrected chi connectivity index (χ3v) is 6.01. The molecule has 0 unspecified atom stereocenters. The first-order valence-corrected chi connectivity index (χ1v) is 10.4. The van der Waals surface area contributed by atoms with Gasteiger partial charge in [0, 0.05) is 24.4 Å². The summed E-state index contributed by atoms with van der Waals surface area (Å²) < 4.78 is 0. The minimum Gasteiger partial charge on any atom is -0.366 e. The van der Waals surface area contributed by atoms with Crippen LogP contribution < -0.4 is 16.0 Å². The molecule has 3 N–H and O–H groups in total. The van der Waals surface area contributed by atoms with Crippen molar-refractivity contribution in [2.75, 3.05) is 23.7 Å². The number of carbonyl (C=O) groups excluding carboxylic acids is 1. The van der Waals surface area contributed by atoms with Crippen molar-refractivity contribution in [1.82, 2.24) is 10.3 Å². The van der Waals surface area contributed by atoms with Gasteiger partial charge in [0.25, 0.3) is 0 Å². The molecule has 1 aliphatic heterocycles. The molecule has 2 heterocycles. The van der Waals surface area contributed by atoms with Gasteiger partial charge in [-0.25, -0.2) is 4.98 Å². The van der Waals surface area contributed by atoms with E-state index in [0.717, 1.165) is 49.1 Å². The minimum atomic E-state index is 0. The molecule has 160 valence electrons. The first-order valence-electron chi connectivity index (χ1n) is 10.1. The molecular weight excluding hydrogens is 431 g/mol. The Bertz CT molecular complexity index is 821. The molecule has 29 heavy (non-hydrogen) atoms. The van der Waals surface area contributed by atoms with Crippen LogP contribution >= 0.6 is 36.4 Å². The summed E-state index contributed by atoms with van der Waals surface area (Å²) in [6.45, 7) is 2.00. The zero-order valence-corrected chi connectivity index (χ0v) is 18.8. The number of pyridine rings is 1. The third kappa shape index (κ3) is 6.11. The van der Waals surface area contributed by atoms with Gasteiger partial charge < -0.3 is 16.0 Å². The van der Waals surface area contributed by atoms with Crippen molar-refractivity contribution < 1.29 is 4.79 Å². The quantitative estimate of drug-likeness (QED) is 0.559. The zero-order chi connectivity index (χ0) is 18.6. The van der Waals surface area contributed by atoms with E-state index >= 15 is 0 Å². The molecule has 2 aromatic rings. The van der Waals surface area contributed by atoms with Gasteiger partial charge in [0.2, 0.25) is 5.91 Å². The maximum Gasteiger partial charge on any atom is 0.224 e. The molecule has 1 amide bonds. The Morgan fingerprint density at radius 2 is 1.90 bits per heavy atom. The Balaban J connectivity index is 0.00000150. The van der Waals surface area contributed by atoms with Crippen LogP contribution in [0.25, 0.3) is 10.9 Å². The number of nitrogens with one attached hydrogen (secondary N) is 3. The van der Waals surface area contributed by atoms with Gasteiger partial charge >= 0.3 is 0 Å². The van der Waals surface area contributed by atoms with Crippen LogP contribution in [-0.2, 0) is 4.79 Å². The van der Waals surface area contributed by atoms with Crippen LogP contribution in [0.4, 0.5) is 11.5 Å². The summed E-state index contributed by atoms with van der Waals surface area (Å²) in [6, 6.07) is 8.10. The van der Waals surface area contributed by atoms with Crippen molar-refractivity contribution in [2.45, 2.75) is 51.0 Å². The number of amides is 1. The van der Waals surface area contributed by atoms with Gasteiger partial charge in [0.15, 0.2) is 0 Å². The molecule has 5 nitrogen and oxygen atoms in total. The molecule has 1 saturated carbocycles. The van der Waals surface area contributed by atoms with Crippen LogP contribution in [-0.4, -0.2) is 30.0 Å². The van der Waals surface area contributed by atoms with Crippen molar-refractivity contribution >= 4 is 64.7 Å². The van der Waals surface area contributed by atoms with Gasteiger partial charge in [-0.2, -0.15) is 0 Å². The van der Waals surface area contributed by atoms with Gasteiger partial charge in [0.1, 0.15) is 5.82 Å². The number of halogens is 3. The van der Waals surface area contributed by atoms with Crippen molar-refractivity contribution in [3.63, 3.8) is 0 Å². The lowest BCUT2D eigenvalue weighted by molar-refractivity contribution is -0.117. The largest absolute Gasteiger partial charge is 0.366 e. The molecule has 1 aliphatic carbocycles. The molecule has 2 aliphatic rings. The second-order valence-corrected chi connectivity index (χ2v) is 8.18. The van der Waals surface area contributed by atoms with E-state index in [4.69, 9.17) is 16.6 Å². The van der Waals surface area contributed by atoms with Crippen molar-refractivity contribution in [2.24, 2.45) is 5.92 Å². The topological polar surface area (TPSA) is 66.0 Å². The predicted octanol–water partition coefficient (Wildman–Crippen LogP) is 5.41. The van der Waals surface area contributed by atoms with E-state index in [1.54, 1.807) is 0 Å². The van der Waals surface area contributed by atoms with E-state index in [1.807, 2.05) is 24.3 Å². The second-order valence-electron chi connectivity index (χ2n) is 7.78. The van der Waals surface area contributed by atoms with E-state index in [9.17, 15) is 4.79 Å². The minimum absolute atomic E-state index is 0. The number of rotatable bonds is 5. The van der Waals surface area contributed by atoms with Crippen LogP contribution in [0.15, 0.2) is 24.3 Å². The summed E-state index contributed by atoms with van der Waals surface area (Å²) in [7, 11) is 0. The fourth-order valence-electron chi connectivity index (χ4n) is 4.22. The average molecular weight is 460 g/mol. The average Bonchev–Trinajstić information content (AvgIpc) is 3.18. The predicted molar refractivity (Wildman–Crippen MR) is 126 cm³/mol. The molecule has 1 saturated heterocycles. The van der Waals surface area contributed by atoms with Gasteiger partial charge in [-0.1, -0.05) is 30.9 Å². The number of carbonyl (C=O) groups is 1. The van der Waals surface area contributed by atoms with Crippen LogP contribution in [0.3, 0.4) is 0 Å². The van der Waals surface area contributed by atoms with Crippen molar-refractivity contribution in [3.8, 4) is 0 Å². The summed E-state index contributed by atoms with van der Waals surface area (Å²) >= 11 is 6.40. The van der Waals surface area contributed by atoms with E-state index in [-0.39, 0.29) is 30.7 Å². The highest BCUT2D eigenvalue weighted by Gasteiger charge is 2.19. The smallest absolute Gasteiger partial charge is 0.224 e. The zero-order valence-electron chi connectivity index (χ0n) is 16.4. The van der Waals surface area contributed by atoms with E-state index in [0.29, 0.717) is 29.1 Å². The molecule has 1 atom stereocenters. The van der Waals surface area contributed by atoms with Crippen LogP contribution in [0.2, 0.25) is 5.02 Å². The first-order chi connectivity index (χ1) is 13.2. The molecule has 0 spiro atoms. The Labute approximate surface area is 189 Å². The van der Waals surface area contributed by atoms with Crippen molar-refractivity contribution in [1.29, 1.82) is 0 Å². The molecule has 1 aromatic carbocycles. The van der Waals surface area contributed by atoms with Gasteiger partial charge in [-0.05, 0) is 56.0 Å². The standard InChI is InChI=1S/C21H27ClN4O.2ClH/c22-17-7-8-18-16(6-9-19(25-18)24-15-10-11-23-13-15)21(17)26-20(27)12-14-4-2-1-3-5-14;;/h6-9,14-15,23H,1-5,10-13H2,(H,24,25)(H,26,27);2*1H/t15-;;/m1../s1. The van der Waals surface area contributed by atoms with E-state index in [2.05, 4.69) is 16.0 Å². The Morgan fingerprint density at radius 3 is 2.62 bits per heavy atom. The summed E-state index contributed by atoms with van der Waals surface area (Å²) in [6.07, 6.45) is 7.77. The molecule has 1 aromatic heterocycles. The molecule has 4 rings (SSSR count). The van der Waals surface area contributed by atoms with Crippen LogP contribution in [0, 0.1) is 5.92 Å². The number of hydrogen-bond donors (Lipinski definition) is 3. The number of anilines is 2. The maximum absolute atomic E-state index is 12.6. The lowest BCUT2D eigenvalue weighted by Gasteiger charge is -2.21. The van der Waals surface area contributed by atoms with E-state index < -0.39 is 0 Å². The van der Waals surface area contributed by atoms with Crippen LogP contribution in [0.5, 0.6) is 0 Å². The molecule has 0 bridgehead atoms. The summed E-state index contributed by atoms with van der Waals surface area (Å²) in [5.41, 5.74) is 1.51. The molecule has 8 heteroatoms. The highest BCUT2D eigenvalue weighted by atomic mass is 35.5. The Kier molecular flexibility index (Phi) is 9.28. The fourth-order valence-corrected chi connectivity index (χ4v) is 4.43. The van der Waals surface area contributed by atoms with Crippen LogP contribution in [0.1, 0.15) is 44.9 Å². The monoisotopic (exact) mass is 458 g/mol. The number of benzene rings is 1. The highest BCUT2D eigenvalue weighted by Crippen LogP contribution is 2.32. The normalized spacial score (nSPS) is 19.3. The summed E-state index contributed by atoms with van der Waals surface area (Å²) in [5.74, 6) is 1.41. The SMILES string of the molecule is Cl.Cl.O=C(CC1CCCCC1)Nc1c(Cl)ccc2nc(N[C@@H]3CCNC3)ccc12. The Morgan fingerprint density at radius 1 is 1.10 bits per heavy atom. The fraction of sp³-hybridized carbons (Fsp3) is 0.524. The molecule has 0 radical (unpaired) electrons. The first kappa shape index (κ1) is 24.0. The van der Waals surface area contributed by atoms with Gasteiger partial charge in [-0.15, -0.1) is 24.8 Å². The summed E-state index contributed by atoms with van der Waals surface area (Å²) in [4.78, 5) is 17.3. The number of fused-ring (bicyclic) bond motifs is 1. The Hall–Kier alpha value is -1.27. The number of nitrogens with zero attached hydrogens (tertiary/aromatic N) is 1. The second kappa shape index (κ2) is 11.2. The highest BCUT2D eigenvalue weighted by molar-refractivity contribution is 6.35. The number of aromatic nitrogens is 1. The van der Waals surface area contributed by atoms with Crippen molar-refractivity contribution in [3.05, 3.63) is 29.3 Å². The van der Waals surface area contributed by atoms with E-state index in [1.165, 1.54) is 19.3 Å². The third-order valence-electron chi connectivity index (χ3n) is 5.70. The van der Waals surface area contributed by atoms with Gasteiger partial charge in [-0.3, -0.25) is 4.79 Å². The molecular formula is C21H29Cl3N4O. The lowest BCUT2D eigenvalue weighted by atomic mass is 9.87. The molecule has 2 fully saturated rings. The summed E-state index contributed by atoms with van der Waals surface area (Å²) in [5, 5.41) is 11.3. The maximum atomic E-state index is 12.6. The lowest BCUT2D eigenvalue weighted by Crippen LogP contribution is -2.22.